The van der Waals surface area contributed by atoms with Crippen LogP contribution in [0.5, 0.6) is 0 Å². The van der Waals surface area contributed by atoms with Gasteiger partial charge in [0.2, 0.25) is 0 Å². The predicted molar refractivity (Wildman–Crippen MR) is 77.3 cm³/mol. The lowest BCUT2D eigenvalue weighted by molar-refractivity contribution is -0.0211. The van der Waals surface area contributed by atoms with Gasteiger partial charge in [-0.15, -0.1) is 0 Å². The van der Waals surface area contributed by atoms with Crippen LogP contribution in [0.2, 0.25) is 5.02 Å². The van der Waals surface area contributed by atoms with Crippen LogP contribution in [-0.2, 0) is 12.5 Å². The lowest BCUT2D eigenvalue weighted by Gasteiger charge is -2.18. The summed E-state index contributed by atoms with van der Waals surface area (Å²) in [6.07, 6.45) is 1.65. The van der Waals surface area contributed by atoms with Crippen LogP contribution in [0.4, 0.5) is 8.78 Å². The fraction of sp³-hybridized carbons (Fsp3) is 0.125. The van der Waals surface area contributed by atoms with E-state index in [1.54, 1.807) is 36.5 Å². The zero-order valence-corrected chi connectivity index (χ0v) is 11.3. The highest BCUT2D eigenvalue weighted by molar-refractivity contribution is 6.35. The second-order valence-electron chi connectivity index (χ2n) is 4.69. The predicted octanol–water partition coefficient (Wildman–Crippen LogP) is 5.09. The first-order chi connectivity index (χ1) is 9.58. The average Bonchev–Trinajstić information content (AvgIpc) is 2.84. The van der Waals surface area contributed by atoms with Gasteiger partial charge in [-0.1, -0.05) is 54.1 Å². The minimum atomic E-state index is -2.94. The normalized spacial score (nSPS) is 11.9. The zero-order chi connectivity index (χ0) is 14.2. The van der Waals surface area contributed by atoms with E-state index in [0.29, 0.717) is 10.5 Å². The van der Waals surface area contributed by atoms with Crippen molar-refractivity contribution in [3.63, 3.8) is 0 Å². The molecule has 0 atom stereocenters. The molecule has 0 aliphatic heterocycles. The summed E-state index contributed by atoms with van der Waals surface area (Å²) in [6.45, 7) is -0.426. The third kappa shape index (κ3) is 2.29. The highest BCUT2D eigenvalue weighted by Gasteiger charge is 2.32. The second-order valence-corrected chi connectivity index (χ2v) is 5.10. The quantitative estimate of drug-likeness (QED) is 0.633. The Morgan fingerprint density at radius 1 is 0.950 bits per heavy atom. The van der Waals surface area contributed by atoms with Crippen molar-refractivity contribution in [2.45, 2.75) is 12.5 Å². The number of hydrogen-bond acceptors (Lipinski definition) is 0. The molecule has 0 saturated heterocycles. The molecule has 0 saturated carbocycles. The fourth-order valence-electron chi connectivity index (χ4n) is 2.33. The van der Waals surface area contributed by atoms with Crippen LogP contribution >= 0.6 is 11.6 Å². The van der Waals surface area contributed by atoms with Crippen LogP contribution in [0.25, 0.3) is 10.9 Å². The Kier molecular flexibility index (Phi) is 3.22. The largest absolute Gasteiger partial charge is 0.340 e. The molecule has 0 unspecified atom stereocenters. The Labute approximate surface area is 120 Å². The number of hydrogen-bond donors (Lipinski definition) is 0. The van der Waals surface area contributed by atoms with Gasteiger partial charge in [0.25, 0.3) is 5.92 Å². The molecule has 0 spiro atoms. The Bertz CT molecular complexity index is 735. The second kappa shape index (κ2) is 4.91. The Balaban J connectivity index is 2.01. The molecule has 0 radical (unpaired) electrons. The van der Waals surface area contributed by atoms with Crippen LogP contribution in [0.1, 0.15) is 5.56 Å². The van der Waals surface area contributed by atoms with E-state index in [1.807, 2.05) is 12.1 Å². The van der Waals surface area contributed by atoms with Gasteiger partial charge in [-0.3, -0.25) is 0 Å². The molecule has 3 rings (SSSR count). The fourth-order valence-corrected chi connectivity index (χ4v) is 2.62. The summed E-state index contributed by atoms with van der Waals surface area (Å²) in [4.78, 5) is 0. The lowest BCUT2D eigenvalue weighted by atomic mass is 10.1. The number of fused-ring (bicyclic) bond motifs is 1. The third-order valence-corrected chi connectivity index (χ3v) is 3.61. The summed E-state index contributed by atoms with van der Waals surface area (Å²) in [5, 5.41) is 1.35. The van der Waals surface area contributed by atoms with E-state index < -0.39 is 12.5 Å². The molecule has 20 heavy (non-hydrogen) atoms. The molecule has 1 aromatic heterocycles. The molecule has 0 aliphatic carbocycles. The zero-order valence-electron chi connectivity index (χ0n) is 10.6. The maximum atomic E-state index is 14.3. The highest BCUT2D eigenvalue weighted by atomic mass is 35.5. The Hall–Kier alpha value is -1.87. The van der Waals surface area contributed by atoms with E-state index in [1.165, 1.54) is 16.7 Å². The topological polar surface area (TPSA) is 4.93 Å². The highest BCUT2D eigenvalue weighted by Crippen LogP contribution is 2.33. The number of alkyl halides is 2. The molecular weight excluding hydrogens is 280 g/mol. The molecule has 4 heteroatoms. The van der Waals surface area contributed by atoms with Gasteiger partial charge < -0.3 is 4.57 Å². The lowest BCUT2D eigenvalue weighted by Crippen LogP contribution is -2.20. The molecule has 1 nitrogen and oxygen atoms in total. The molecule has 0 bridgehead atoms. The SMILES string of the molecule is FC(F)(Cn1ccc2cccc(Cl)c21)c1ccccc1. The average molecular weight is 292 g/mol. The Morgan fingerprint density at radius 3 is 2.45 bits per heavy atom. The number of rotatable bonds is 3. The van der Waals surface area contributed by atoms with E-state index in [4.69, 9.17) is 11.6 Å². The third-order valence-electron chi connectivity index (χ3n) is 3.30. The monoisotopic (exact) mass is 291 g/mol. The van der Waals surface area contributed by atoms with Crippen molar-refractivity contribution in [2.75, 3.05) is 0 Å². The van der Waals surface area contributed by atoms with Gasteiger partial charge in [0, 0.05) is 17.1 Å². The first-order valence-electron chi connectivity index (χ1n) is 6.25. The first-order valence-corrected chi connectivity index (χ1v) is 6.62. The van der Waals surface area contributed by atoms with Gasteiger partial charge >= 0.3 is 0 Å². The first kappa shape index (κ1) is 13.1. The van der Waals surface area contributed by atoms with Crippen LogP contribution in [0.3, 0.4) is 0 Å². The van der Waals surface area contributed by atoms with E-state index in [2.05, 4.69) is 0 Å². The number of benzene rings is 2. The molecule has 2 aromatic carbocycles. The molecule has 0 aliphatic rings. The number of nitrogens with zero attached hydrogens (tertiary/aromatic N) is 1. The van der Waals surface area contributed by atoms with E-state index >= 15 is 0 Å². The summed E-state index contributed by atoms with van der Waals surface area (Å²) in [5.41, 5.74) is 0.652. The van der Waals surface area contributed by atoms with Gasteiger partial charge in [-0.05, 0) is 12.1 Å². The molecule has 3 aromatic rings. The van der Waals surface area contributed by atoms with Crippen molar-refractivity contribution in [3.8, 4) is 0 Å². The molecular formula is C16H12ClF2N. The van der Waals surface area contributed by atoms with Crippen molar-refractivity contribution in [3.05, 3.63) is 71.4 Å². The van der Waals surface area contributed by atoms with Crippen LogP contribution in [-0.4, -0.2) is 4.57 Å². The van der Waals surface area contributed by atoms with Gasteiger partial charge in [-0.2, -0.15) is 8.78 Å². The van der Waals surface area contributed by atoms with E-state index in [0.717, 1.165) is 5.39 Å². The van der Waals surface area contributed by atoms with Crippen molar-refractivity contribution in [1.29, 1.82) is 0 Å². The number of para-hydroxylation sites is 1. The van der Waals surface area contributed by atoms with Crippen LogP contribution < -0.4 is 0 Å². The Morgan fingerprint density at radius 2 is 1.70 bits per heavy atom. The summed E-state index contributed by atoms with van der Waals surface area (Å²) < 4.78 is 30.1. The van der Waals surface area contributed by atoms with E-state index in [-0.39, 0.29) is 5.56 Å². The summed E-state index contributed by atoms with van der Waals surface area (Å²) in [6, 6.07) is 15.0. The minimum Gasteiger partial charge on any atom is -0.340 e. The molecule has 0 amide bonds. The van der Waals surface area contributed by atoms with Crippen molar-refractivity contribution in [2.24, 2.45) is 0 Å². The minimum absolute atomic E-state index is 0.00824. The van der Waals surface area contributed by atoms with Gasteiger partial charge in [0.15, 0.2) is 0 Å². The molecule has 1 heterocycles. The summed E-state index contributed by atoms with van der Waals surface area (Å²) in [5.74, 6) is -2.94. The summed E-state index contributed by atoms with van der Waals surface area (Å²) >= 11 is 6.11. The van der Waals surface area contributed by atoms with Gasteiger partial charge in [0.05, 0.1) is 17.1 Å². The van der Waals surface area contributed by atoms with Crippen LogP contribution in [0.15, 0.2) is 60.8 Å². The van der Waals surface area contributed by atoms with Crippen molar-refractivity contribution < 1.29 is 8.78 Å². The summed E-state index contributed by atoms with van der Waals surface area (Å²) in [7, 11) is 0. The molecule has 102 valence electrons. The molecule has 0 fully saturated rings. The number of halogens is 3. The van der Waals surface area contributed by atoms with Crippen LogP contribution in [0, 0.1) is 0 Å². The van der Waals surface area contributed by atoms with Gasteiger partial charge in [-0.25, -0.2) is 0 Å². The van der Waals surface area contributed by atoms with Gasteiger partial charge in [0.1, 0.15) is 0 Å². The standard InChI is InChI=1S/C16H12ClF2N/c17-14-8-4-5-12-9-10-20(15(12)14)11-16(18,19)13-6-2-1-3-7-13/h1-10H,11H2. The maximum absolute atomic E-state index is 14.3. The van der Waals surface area contributed by atoms with E-state index in [9.17, 15) is 8.78 Å². The smallest absolute Gasteiger partial charge is 0.290 e. The van der Waals surface area contributed by atoms with Crippen molar-refractivity contribution in [1.82, 2.24) is 4.57 Å². The maximum Gasteiger partial charge on any atom is 0.290 e. The van der Waals surface area contributed by atoms with Crippen molar-refractivity contribution >= 4 is 22.5 Å². The number of aromatic nitrogens is 1. The molecule has 0 N–H and O–H groups in total.